The van der Waals surface area contributed by atoms with Crippen molar-refractivity contribution in [3.63, 3.8) is 0 Å². The molecule has 0 saturated heterocycles. The minimum absolute atomic E-state index is 0.129. The van der Waals surface area contributed by atoms with Crippen molar-refractivity contribution in [1.29, 1.82) is 0 Å². The molecule has 0 N–H and O–H groups in total. The van der Waals surface area contributed by atoms with Gasteiger partial charge < -0.3 is 0 Å². The first-order valence-electron chi connectivity index (χ1n) is 17.9. The minimum Gasteiger partial charge on any atom is -0.0622 e. The third-order valence-corrected chi connectivity index (χ3v) is 11.3. The fourth-order valence-electron chi connectivity index (χ4n) is 8.74. The topological polar surface area (TPSA) is 0 Å². The lowest BCUT2D eigenvalue weighted by molar-refractivity contribution is 0.661. The van der Waals surface area contributed by atoms with E-state index in [0.717, 1.165) is 0 Å². The zero-order valence-electron chi connectivity index (χ0n) is 28.8. The maximum Gasteiger partial charge on any atom is 0.0159 e. The molecule has 0 aromatic heterocycles. The fourth-order valence-corrected chi connectivity index (χ4v) is 8.74. The molecule has 9 aromatic rings. The summed E-state index contributed by atoms with van der Waals surface area (Å²) in [6.45, 7) is 4.78. The zero-order chi connectivity index (χ0) is 34.1. The van der Waals surface area contributed by atoms with Crippen LogP contribution in [0.4, 0.5) is 0 Å². The Morgan fingerprint density at radius 2 is 0.784 bits per heavy atom. The number of hydrogen-bond donors (Lipinski definition) is 0. The Kier molecular flexibility index (Phi) is 6.63. The minimum atomic E-state index is -0.129. The largest absolute Gasteiger partial charge is 0.0622 e. The highest BCUT2D eigenvalue weighted by atomic mass is 14.4. The Balaban J connectivity index is 1.18. The summed E-state index contributed by atoms with van der Waals surface area (Å²) >= 11 is 0. The molecule has 240 valence electrons. The molecule has 1 aliphatic carbocycles. The first-order chi connectivity index (χ1) is 25.1. The number of benzene rings is 9. The Morgan fingerprint density at radius 3 is 1.45 bits per heavy atom. The van der Waals surface area contributed by atoms with E-state index in [0.29, 0.717) is 0 Å². The van der Waals surface area contributed by atoms with Crippen LogP contribution >= 0.6 is 0 Å². The van der Waals surface area contributed by atoms with Crippen molar-refractivity contribution >= 4 is 32.3 Å². The first kappa shape index (κ1) is 29.7. The van der Waals surface area contributed by atoms with E-state index in [1.165, 1.54) is 99.1 Å². The van der Waals surface area contributed by atoms with Crippen molar-refractivity contribution in [3.8, 4) is 55.6 Å². The molecular weight excluding hydrogens is 613 g/mol. The number of hydrogen-bond acceptors (Lipinski definition) is 0. The van der Waals surface area contributed by atoms with Crippen LogP contribution in [0.1, 0.15) is 25.0 Å². The molecule has 0 unspecified atom stereocenters. The summed E-state index contributed by atoms with van der Waals surface area (Å²) in [7, 11) is 0. The Labute approximate surface area is 299 Å². The van der Waals surface area contributed by atoms with Gasteiger partial charge in [0.25, 0.3) is 0 Å². The highest BCUT2D eigenvalue weighted by molar-refractivity contribution is 6.22. The standard InChI is InChI=1S/C51H36/c1-51(2)47-31-36(33-14-4-3-5-15-33)26-28-40(47)41-29-27-38(32-48(41)51)49-43-20-10-12-22-45(43)50(46-23-13-11-21-44(46)49)42-19-9-8-18-39(42)37-25-24-34-16-6-7-17-35(34)30-37/h3-32H,1-2H3. The molecule has 0 nitrogen and oxygen atoms in total. The summed E-state index contributed by atoms with van der Waals surface area (Å²) in [6, 6.07) is 67.4. The highest BCUT2D eigenvalue weighted by Gasteiger charge is 2.36. The first-order valence-corrected chi connectivity index (χ1v) is 17.9. The van der Waals surface area contributed by atoms with Crippen LogP contribution in [0.15, 0.2) is 182 Å². The molecular formula is C51H36. The lowest BCUT2D eigenvalue weighted by atomic mass is 9.79. The van der Waals surface area contributed by atoms with Gasteiger partial charge in [-0.2, -0.15) is 0 Å². The second kappa shape index (κ2) is 11.4. The summed E-state index contributed by atoms with van der Waals surface area (Å²) in [6.07, 6.45) is 0. The monoisotopic (exact) mass is 648 g/mol. The lowest BCUT2D eigenvalue weighted by Gasteiger charge is -2.24. The Morgan fingerprint density at radius 1 is 0.294 bits per heavy atom. The van der Waals surface area contributed by atoms with Gasteiger partial charge in [-0.25, -0.2) is 0 Å². The van der Waals surface area contributed by atoms with Gasteiger partial charge in [0.15, 0.2) is 0 Å². The molecule has 0 aliphatic heterocycles. The number of rotatable bonds is 4. The predicted octanol–water partition coefficient (Wildman–Crippen LogP) is 14.1. The molecule has 0 heteroatoms. The van der Waals surface area contributed by atoms with Crippen LogP contribution in [0.5, 0.6) is 0 Å². The van der Waals surface area contributed by atoms with Crippen LogP contribution in [-0.2, 0) is 5.41 Å². The van der Waals surface area contributed by atoms with E-state index in [-0.39, 0.29) is 5.41 Å². The summed E-state index contributed by atoms with van der Waals surface area (Å²) in [5.41, 5.74) is 15.5. The molecule has 0 fully saturated rings. The smallest absolute Gasteiger partial charge is 0.0159 e. The molecule has 10 rings (SSSR count). The molecule has 0 saturated carbocycles. The Bertz CT molecular complexity index is 2760. The van der Waals surface area contributed by atoms with Crippen molar-refractivity contribution < 1.29 is 0 Å². The van der Waals surface area contributed by atoms with Gasteiger partial charge in [0.1, 0.15) is 0 Å². The highest BCUT2D eigenvalue weighted by Crippen LogP contribution is 2.52. The van der Waals surface area contributed by atoms with E-state index in [4.69, 9.17) is 0 Å². The van der Waals surface area contributed by atoms with Gasteiger partial charge in [0.2, 0.25) is 0 Å². The molecule has 0 radical (unpaired) electrons. The van der Waals surface area contributed by atoms with Crippen molar-refractivity contribution in [2.75, 3.05) is 0 Å². The van der Waals surface area contributed by atoms with Crippen molar-refractivity contribution in [2.45, 2.75) is 19.3 Å². The fraction of sp³-hybridized carbons (Fsp3) is 0.0588. The van der Waals surface area contributed by atoms with Gasteiger partial charge in [-0.1, -0.05) is 178 Å². The van der Waals surface area contributed by atoms with E-state index in [1.54, 1.807) is 0 Å². The van der Waals surface area contributed by atoms with E-state index < -0.39 is 0 Å². The molecule has 0 heterocycles. The van der Waals surface area contributed by atoms with E-state index in [2.05, 4.69) is 196 Å². The SMILES string of the molecule is CC1(C)c2cc(-c3ccccc3)ccc2-c2ccc(-c3c4ccccc4c(-c4ccccc4-c4ccc5ccccc5c4)c4ccccc34)cc21. The summed E-state index contributed by atoms with van der Waals surface area (Å²) in [5.74, 6) is 0. The van der Waals surface area contributed by atoms with Crippen molar-refractivity contribution in [3.05, 3.63) is 193 Å². The van der Waals surface area contributed by atoms with Crippen LogP contribution in [0.25, 0.3) is 88.0 Å². The van der Waals surface area contributed by atoms with Gasteiger partial charge >= 0.3 is 0 Å². The van der Waals surface area contributed by atoms with Gasteiger partial charge in [-0.3, -0.25) is 0 Å². The third kappa shape index (κ3) is 4.60. The summed E-state index contributed by atoms with van der Waals surface area (Å²) in [4.78, 5) is 0. The molecule has 0 bridgehead atoms. The maximum atomic E-state index is 2.48. The number of fused-ring (bicyclic) bond motifs is 6. The second-order valence-electron chi connectivity index (χ2n) is 14.5. The normalized spacial score (nSPS) is 13.1. The van der Waals surface area contributed by atoms with E-state index >= 15 is 0 Å². The zero-order valence-corrected chi connectivity index (χ0v) is 28.8. The lowest BCUT2D eigenvalue weighted by Crippen LogP contribution is -2.15. The van der Waals surface area contributed by atoms with Crippen LogP contribution < -0.4 is 0 Å². The van der Waals surface area contributed by atoms with Crippen LogP contribution in [0.3, 0.4) is 0 Å². The summed E-state index contributed by atoms with van der Waals surface area (Å²) in [5, 5.41) is 7.62. The van der Waals surface area contributed by atoms with Gasteiger partial charge in [-0.15, -0.1) is 0 Å². The second-order valence-corrected chi connectivity index (χ2v) is 14.5. The summed E-state index contributed by atoms with van der Waals surface area (Å²) < 4.78 is 0. The maximum absolute atomic E-state index is 2.48. The molecule has 51 heavy (non-hydrogen) atoms. The molecule has 0 amide bonds. The van der Waals surface area contributed by atoms with Crippen LogP contribution in [0.2, 0.25) is 0 Å². The van der Waals surface area contributed by atoms with Gasteiger partial charge in [0.05, 0.1) is 0 Å². The van der Waals surface area contributed by atoms with Crippen LogP contribution in [-0.4, -0.2) is 0 Å². The van der Waals surface area contributed by atoms with Gasteiger partial charge in [-0.05, 0) is 117 Å². The quantitative estimate of drug-likeness (QED) is 0.167. The van der Waals surface area contributed by atoms with Crippen molar-refractivity contribution in [2.24, 2.45) is 0 Å². The molecule has 9 aromatic carbocycles. The van der Waals surface area contributed by atoms with E-state index in [1.807, 2.05) is 0 Å². The molecule has 1 aliphatic rings. The van der Waals surface area contributed by atoms with Crippen LogP contribution in [0, 0.1) is 0 Å². The van der Waals surface area contributed by atoms with Gasteiger partial charge in [0, 0.05) is 5.41 Å². The predicted molar refractivity (Wildman–Crippen MR) is 218 cm³/mol. The molecule has 0 spiro atoms. The molecule has 0 atom stereocenters. The average molecular weight is 649 g/mol. The average Bonchev–Trinajstić information content (AvgIpc) is 3.41. The van der Waals surface area contributed by atoms with E-state index in [9.17, 15) is 0 Å². The third-order valence-electron chi connectivity index (χ3n) is 11.3. The Hall–Kier alpha value is -6.24. The van der Waals surface area contributed by atoms with Crippen molar-refractivity contribution in [1.82, 2.24) is 0 Å².